The largest absolute Gasteiger partial charge is 0.493 e. The van der Waals surface area contributed by atoms with Crippen LogP contribution < -0.4 is 14.8 Å². The average molecular weight is 371 g/mol. The highest BCUT2D eigenvalue weighted by Gasteiger charge is 2.20. The molecule has 7 heteroatoms. The molecule has 0 aliphatic rings. The number of carboxylic acids is 1. The molecule has 0 saturated heterocycles. The van der Waals surface area contributed by atoms with Crippen LogP contribution in [0.5, 0.6) is 11.5 Å². The van der Waals surface area contributed by atoms with Crippen LogP contribution in [0.4, 0.5) is 0 Å². The van der Waals surface area contributed by atoms with Crippen LogP contribution in [0.25, 0.3) is 0 Å². The van der Waals surface area contributed by atoms with E-state index in [2.05, 4.69) is 5.32 Å². The number of hydrogen-bond donors (Lipinski definition) is 2. The molecular weight excluding hydrogens is 350 g/mol. The van der Waals surface area contributed by atoms with Crippen LogP contribution >= 0.6 is 0 Å². The predicted molar refractivity (Wildman–Crippen MR) is 98.5 cm³/mol. The van der Waals surface area contributed by atoms with Gasteiger partial charge in [-0.2, -0.15) is 0 Å². The van der Waals surface area contributed by atoms with Crippen molar-refractivity contribution in [3.63, 3.8) is 0 Å². The third-order valence-electron chi connectivity index (χ3n) is 4.05. The molecular formula is C20H21NO6. The van der Waals surface area contributed by atoms with E-state index in [0.29, 0.717) is 28.2 Å². The van der Waals surface area contributed by atoms with Gasteiger partial charge < -0.3 is 19.9 Å². The van der Waals surface area contributed by atoms with Crippen LogP contribution in [0.3, 0.4) is 0 Å². The molecule has 0 saturated carbocycles. The van der Waals surface area contributed by atoms with Crippen molar-refractivity contribution in [3.05, 3.63) is 59.2 Å². The van der Waals surface area contributed by atoms with Crippen molar-refractivity contribution in [1.29, 1.82) is 0 Å². The summed E-state index contributed by atoms with van der Waals surface area (Å²) in [5.74, 6) is -0.656. The van der Waals surface area contributed by atoms with E-state index in [1.54, 1.807) is 30.3 Å². The smallest absolute Gasteiger partial charge is 0.305 e. The van der Waals surface area contributed by atoms with Gasteiger partial charge in [0, 0.05) is 11.1 Å². The van der Waals surface area contributed by atoms with Gasteiger partial charge >= 0.3 is 5.97 Å². The maximum absolute atomic E-state index is 12.5. The number of aliphatic carboxylic acids is 1. The molecule has 142 valence electrons. The number of ether oxygens (including phenoxy) is 2. The van der Waals surface area contributed by atoms with E-state index in [9.17, 15) is 19.5 Å². The zero-order valence-corrected chi connectivity index (χ0v) is 15.3. The Labute approximate surface area is 156 Å². The number of ketones is 1. The summed E-state index contributed by atoms with van der Waals surface area (Å²) in [6.07, 6.45) is -0.299. The molecule has 0 fully saturated rings. The molecule has 0 bridgehead atoms. The van der Waals surface area contributed by atoms with Crippen LogP contribution in [0.1, 0.15) is 45.7 Å². The van der Waals surface area contributed by atoms with Gasteiger partial charge in [-0.15, -0.1) is 0 Å². The molecule has 0 heterocycles. The second-order valence-corrected chi connectivity index (χ2v) is 5.87. The van der Waals surface area contributed by atoms with Crippen molar-refractivity contribution in [3.8, 4) is 11.5 Å². The number of carbonyl (C=O) groups excluding carboxylic acids is 2. The van der Waals surface area contributed by atoms with Crippen LogP contribution in [-0.4, -0.2) is 37.0 Å². The Balaban J connectivity index is 2.27. The van der Waals surface area contributed by atoms with E-state index in [0.717, 1.165) is 0 Å². The van der Waals surface area contributed by atoms with E-state index < -0.39 is 17.9 Å². The monoisotopic (exact) mass is 371 g/mol. The van der Waals surface area contributed by atoms with Crippen molar-refractivity contribution < 1.29 is 29.0 Å². The fourth-order valence-corrected chi connectivity index (χ4v) is 2.59. The summed E-state index contributed by atoms with van der Waals surface area (Å²) in [5.41, 5.74) is 1.40. The van der Waals surface area contributed by atoms with Gasteiger partial charge in [-0.3, -0.25) is 14.4 Å². The zero-order chi connectivity index (χ0) is 20.0. The molecule has 0 aliphatic carbocycles. The number of nitrogens with one attached hydrogen (secondary N) is 1. The summed E-state index contributed by atoms with van der Waals surface area (Å²) >= 11 is 0. The van der Waals surface area contributed by atoms with Gasteiger partial charge in [0.25, 0.3) is 5.91 Å². The van der Waals surface area contributed by atoms with Gasteiger partial charge in [-0.1, -0.05) is 18.2 Å². The second-order valence-electron chi connectivity index (χ2n) is 5.87. The fraction of sp³-hybridized carbons (Fsp3) is 0.250. The van der Waals surface area contributed by atoms with E-state index in [1.807, 2.05) is 0 Å². The lowest BCUT2D eigenvalue weighted by atomic mass is 10.0. The Kier molecular flexibility index (Phi) is 6.54. The van der Waals surface area contributed by atoms with Gasteiger partial charge in [0.1, 0.15) is 0 Å². The molecule has 0 aliphatic heterocycles. The molecule has 27 heavy (non-hydrogen) atoms. The van der Waals surface area contributed by atoms with E-state index in [-0.39, 0.29) is 12.2 Å². The Hall–Kier alpha value is -3.35. The van der Waals surface area contributed by atoms with Gasteiger partial charge in [0.05, 0.1) is 26.7 Å². The highest BCUT2D eigenvalue weighted by molar-refractivity contribution is 5.98. The van der Waals surface area contributed by atoms with Gasteiger partial charge in [0.15, 0.2) is 17.3 Å². The van der Waals surface area contributed by atoms with Gasteiger partial charge in [-0.05, 0) is 36.8 Å². The van der Waals surface area contributed by atoms with Crippen LogP contribution in [0.2, 0.25) is 0 Å². The number of hydrogen-bond acceptors (Lipinski definition) is 5. The van der Waals surface area contributed by atoms with Crippen molar-refractivity contribution in [2.45, 2.75) is 19.4 Å². The number of benzene rings is 2. The van der Waals surface area contributed by atoms with Crippen LogP contribution in [-0.2, 0) is 4.79 Å². The Bertz CT molecular complexity index is 844. The van der Waals surface area contributed by atoms with E-state index >= 15 is 0 Å². The number of carboxylic acid groups (broad SMARTS) is 1. The highest BCUT2D eigenvalue weighted by Crippen LogP contribution is 2.31. The molecule has 0 aromatic heterocycles. The quantitative estimate of drug-likeness (QED) is 0.692. The minimum absolute atomic E-state index is 0.101. The van der Waals surface area contributed by atoms with E-state index in [1.165, 1.54) is 33.3 Å². The molecule has 2 rings (SSSR count). The summed E-state index contributed by atoms with van der Waals surface area (Å²) in [5, 5.41) is 11.9. The molecule has 2 N–H and O–H groups in total. The first kappa shape index (κ1) is 20.0. The average Bonchev–Trinajstić information content (AvgIpc) is 2.66. The van der Waals surface area contributed by atoms with Crippen molar-refractivity contribution >= 4 is 17.7 Å². The third-order valence-corrected chi connectivity index (χ3v) is 4.05. The van der Waals surface area contributed by atoms with Gasteiger partial charge in [-0.25, -0.2) is 0 Å². The normalized spacial score (nSPS) is 11.4. The maximum atomic E-state index is 12.5. The first-order valence-electron chi connectivity index (χ1n) is 8.21. The molecule has 2 aromatic rings. The Morgan fingerprint density at radius 1 is 0.963 bits per heavy atom. The van der Waals surface area contributed by atoms with Crippen molar-refractivity contribution in [1.82, 2.24) is 5.32 Å². The maximum Gasteiger partial charge on any atom is 0.305 e. The molecule has 0 spiro atoms. The number of Topliss-reactive ketones (excluding diaryl/α,β-unsaturated/α-hetero) is 1. The SMILES string of the molecule is COc1ccc(C(CC(=O)O)NC(=O)c2ccc(C(C)=O)cc2)cc1OC. The number of amides is 1. The summed E-state index contributed by atoms with van der Waals surface area (Å²) in [4.78, 5) is 35.1. The first-order valence-corrected chi connectivity index (χ1v) is 8.21. The Morgan fingerprint density at radius 2 is 1.56 bits per heavy atom. The first-order chi connectivity index (χ1) is 12.8. The fourth-order valence-electron chi connectivity index (χ4n) is 2.59. The topological polar surface area (TPSA) is 102 Å². The number of carbonyl (C=O) groups is 3. The molecule has 1 atom stereocenters. The highest BCUT2D eigenvalue weighted by atomic mass is 16.5. The molecule has 1 amide bonds. The molecule has 7 nitrogen and oxygen atoms in total. The number of methoxy groups -OCH3 is 2. The van der Waals surface area contributed by atoms with Crippen molar-refractivity contribution in [2.24, 2.45) is 0 Å². The van der Waals surface area contributed by atoms with Crippen LogP contribution in [0.15, 0.2) is 42.5 Å². The lowest BCUT2D eigenvalue weighted by molar-refractivity contribution is -0.137. The summed E-state index contributed by atoms with van der Waals surface area (Å²) in [7, 11) is 2.97. The summed E-state index contributed by atoms with van der Waals surface area (Å²) in [6.45, 7) is 1.44. The zero-order valence-electron chi connectivity index (χ0n) is 15.3. The van der Waals surface area contributed by atoms with E-state index in [4.69, 9.17) is 9.47 Å². The molecule has 0 radical (unpaired) electrons. The summed E-state index contributed by atoms with van der Waals surface area (Å²) in [6, 6.07) is 10.4. The lowest BCUT2D eigenvalue weighted by Crippen LogP contribution is -2.30. The third kappa shape index (κ3) is 5.07. The molecule has 1 unspecified atom stereocenters. The Morgan fingerprint density at radius 3 is 2.07 bits per heavy atom. The summed E-state index contributed by atoms with van der Waals surface area (Å²) < 4.78 is 10.4. The van der Waals surface area contributed by atoms with Crippen molar-refractivity contribution in [2.75, 3.05) is 14.2 Å². The lowest BCUT2D eigenvalue weighted by Gasteiger charge is -2.19. The van der Waals surface area contributed by atoms with Crippen LogP contribution in [0, 0.1) is 0 Å². The predicted octanol–water partition coefficient (Wildman–Crippen LogP) is 2.85. The second kappa shape index (κ2) is 8.84. The van der Waals surface area contributed by atoms with Gasteiger partial charge in [0.2, 0.25) is 0 Å². The molecule has 2 aromatic carbocycles. The minimum atomic E-state index is -1.05. The number of rotatable bonds is 8. The standard InChI is InChI=1S/C20H21NO6/c1-12(22)13-4-6-14(7-5-13)20(25)21-16(11-19(23)24)15-8-9-17(26-2)18(10-15)27-3/h4-10,16H,11H2,1-3H3,(H,21,25)(H,23,24). The minimum Gasteiger partial charge on any atom is -0.493 e.